The SMILES string of the molecule is CC(NCCCCN)c1ccc(-c2ccccc2)cc1. The van der Waals surface area contributed by atoms with Crippen LogP contribution in [-0.4, -0.2) is 13.1 Å². The minimum atomic E-state index is 0.387. The maximum absolute atomic E-state index is 5.50. The molecule has 106 valence electrons. The van der Waals surface area contributed by atoms with Crippen LogP contribution in [0.4, 0.5) is 0 Å². The lowest BCUT2D eigenvalue weighted by atomic mass is 10.0. The highest BCUT2D eigenvalue weighted by molar-refractivity contribution is 5.63. The maximum atomic E-state index is 5.50. The van der Waals surface area contributed by atoms with E-state index in [0.717, 1.165) is 25.9 Å². The van der Waals surface area contributed by atoms with Gasteiger partial charge in [0.1, 0.15) is 0 Å². The van der Waals surface area contributed by atoms with Crippen LogP contribution in [-0.2, 0) is 0 Å². The molecule has 0 radical (unpaired) electrons. The summed E-state index contributed by atoms with van der Waals surface area (Å²) in [6.07, 6.45) is 2.23. The van der Waals surface area contributed by atoms with Crippen LogP contribution in [0.25, 0.3) is 11.1 Å². The van der Waals surface area contributed by atoms with Crippen LogP contribution in [0.3, 0.4) is 0 Å². The molecule has 3 N–H and O–H groups in total. The molecule has 0 saturated carbocycles. The standard InChI is InChI=1S/C18H24N2/c1-15(20-14-6-5-13-19)16-9-11-18(12-10-16)17-7-3-2-4-8-17/h2-4,7-12,15,20H,5-6,13-14,19H2,1H3. The zero-order valence-corrected chi connectivity index (χ0v) is 12.2. The second-order valence-corrected chi connectivity index (χ2v) is 5.16. The molecule has 1 atom stereocenters. The second-order valence-electron chi connectivity index (χ2n) is 5.16. The van der Waals surface area contributed by atoms with E-state index in [2.05, 4.69) is 60.8 Å². The number of unbranched alkanes of at least 4 members (excludes halogenated alkanes) is 1. The highest BCUT2D eigenvalue weighted by Gasteiger charge is 2.04. The lowest BCUT2D eigenvalue weighted by Crippen LogP contribution is -2.20. The predicted octanol–water partition coefficient (Wildman–Crippen LogP) is 3.74. The molecule has 0 fully saturated rings. The monoisotopic (exact) mass is 268 g/mol. The summed E-state index contributed by atoms with van der Waals surface area (Å²) in [7, 11) is 0. The molecule has 0 aliphatic carbocycles. The number of benzene rings is 2. The van der Waals surface area contributed by atoms with Gasteiger partial charge in [-0.2, -0.15) is 0 Å². The molecule has 2 rings (SSSR count). The molecule has 0 aromatic heterocycles. The first-order chi connectivity index (χ1) is 9.81. The average Bonchev–Trinajstić information content (AvgIpc) is 2.52. The highest BCUT2D eigenvalue weighted by Crippen LogP contribution is 2.21. The highest BCUT2D eigenvalue weighted by atomic mass is 14.9. The third-order valence-electron chi connectivity index (χ3n) is 3.60. The van der Waals surface area contributed by atoms with Crippen LogP contribution in [0.5, 0.6) is 0 Å². The summed E-state index contributed by atoms with van der Waals surface area (Å²) in [5.74, 6) is 0. The quantitative estimate of drug-likeness (QED) is 0.751. The van der Waals surface area contributed by atoms with E-state index in [4.69, 9.17) is 5.73 Å². The van der Waals surface area contributed by atoms with Crippen molar-refractivity contribution in [3.63, 3.8) is 0 Å². The van der Waals surface area contributed by atoms with Crippen molar-refractivity contribution in [3.8, 4) is 11.1 Å². The van der Waals surface area contributed by atoms with Crippen molar-refractivity contribution in [1.82, 2.24) is 5.32 Å². The van der Waals surface area contributed by atoms with Gasteiger partial charge in [-0.3, -0.25) is 0 Å². The topological polar surface area (TPSA) is 38.0 Å². The number of hydrogen-bond acceptors (Lipinski definition) is 2. The van der Waals surface area contributed by atoms with E-state index >= 15 is 0 Å². The van der Waals surface area contributed by atoms with Gasteiger partial charge in [0.05, 0.1) is 0 Å². The van der Waals surface area contributed by atoms with Gasteiger partial charge in [0.25, 0.3) is 0 Å². The van der Waals surface area contributed by atoms with E-state index in [-0.39, 0.29) is 0 Å². The molecule has 0 amide bonds. The number of nitrogens with two attached hydrogens (primary N) is 1. The van der Waals surface area contributed by atoms with Crippen molar-refractivity contribution >= 4 is 0 Å². The van der Waals surface area contributed by atoms with Gasteiger partial charge in [-0.15, -0.1) is 0 Å². The van der Waals surface area contributed by atoms with Crippen LogP contribution in [0.1, 0.15) is 31.4 Å². The minimum Gasteiger partial charge on any atom is -0.330 e. The van der Waals surface area contributed by atoms with Crippen molar-refractivity contribution in [2.24, 2.45) is 5.73 Å². The van der Waals surface area contributed by atoms with E-state index in [9.17, 15) is 0 Å². The Bertz CT molecular complexity index is 491. The van der Waals surface area contributed by atoms with Gasteiger partial charge < -0.3 is 11.1 Å². The normalized spacial score (nSPS) is 12.3. The predicted molar refractivity (Wildman–Crippen MR) is 86.6 cm³/mol. The van der Waals surface area contributed by atoms with E-state index in [1.807, 2.05) is 6.07 Å². The smallest absolute Gasteiger partial charge is 0.0291 e. The first-order valence-corrected chi connectivity index (χ1v) is 7.40. The van der Waals surface area contributed by atoms with Gasteiger partial charge in [0.15, 0.2) is 0 Å². The van der Waals surface area contributed by atoms with E-state index in [0.29, 0.717) is 6.04 Å². The zero-order valence-electron chi connectivity index (χ0n) is 12.2. The van der Waals surface area contributed by atoms with Crippen molar-refractivity contribution in [2.45, 2.75) is 25.8 Å². The second kappa shape index (κ2) is 7.83. The van der Waals surface area contributed by atoms with Gasteiger partial charge in [-0.25, -0.2) is 0 Å². The molecule has 2 nitrogen and oxygen atoms in total. The van der Waals surface area contributed by atoms with Crippen LogP contribution >= 0.6 is 0 Å². The first-order valence-electron chi connectivity index (χ1n) is 7.40. The molecular formula is C18H24N2. The lowest BCUT2D eigenvalue weighted by Gasteiger charge is -2.14. The van der Waals surface area contributed by atoms with Crippen molar-refractivity contribution in [3.05, 3.63) is 60.2 Å². The largest absolute Gasteiger partial charge is 0.330 e. The van der Waals surface area contributed by atoms with Gasteiger partial charge in [-0.1, -0.05) is 54.6 Å². The average molecular weight is 268 g/mol. The van der Waals surface area contributed by atoms with Gasteiger partial charge in [0.2, 0.25) is 0 Å². The molecule has 0 heterocycles. The molecule has 20 heavy (non-hydrogen) atoms. The third kappa shape index (κ3) is 4.19. The summed E-state index contributed by atoms with van der Waals surface area (Å²) in [4.78, 5) is 0. The molecule has 0 spiro atoms. The minimum absolute atomic E-state index is 0.387. The van der Waals surface area contributed by atoms with E-state index in [1.54, 1.807) is 0 Å². The summed E-state index contributed by atoms with van der Waals surface area (Å²) in [5, 5.41) is 3.54. The Kier molecular flexibility index (Phi) is 5.78. The Labute approximate surface area is 122 Å². The number of hydrogen-bond donors (Lipinski definition) is 2. The summed E-state index contributed by atoms with van der Waals surface area (Å²) in [6, 6.07) is 19.7. The summed E-state index contributed by atoms with van der Waals surface area (Å²) in [6.45, 7) is 4.01. The third-order valence-corrected chi connectivity index (χ3v) is 3.60. The first kappa shape index (κ1) is 14.8. The Morgan fingerprint density at radius 2 is 1.55 bits per heavy atom. The summed E-state index contributed by atoms with van der Waals surface area (Å²) >= 11 is 0. The molecule has 1 unspecified atom stereocenters. The van der Waals surface area contributed by atoms with Gasteiger partial charge in [0, 0.05) is 6.04 Å². The Hall–Kier alpha value is -1.64. The van der Waals surface area contributed by atoms with Gasteiger partial charge in [-0.05, 0) is 49.5 Å². The molecule has 0 saturated heterocycles. The molecular weight excluding hydrogens is 244 g/mol. The van der Waals surface area contributed by atoms with Crippen molar-refractivity contribution in [2.75, 3.05) is 13.1 Å². The van der Waals surface area contributed by atoms with Gasteiger partial charge >= 0.3 is 0 Å². The number of nitrogens with one attached hydrogen (secondary N) is 1. The molecule has 2 aromatic rings. The zero-order chi connectivity index (χ0) is 14.2. The molecule has 2 heteroatoms. The fourth-order valence-electron chi connectivity index (χ4n) is 2.30. The van der Waals surface area contributed by atoms with E-state index in [1.165, 1.54) is 16.7 Å². The fraction of sp³-hybridized carbons (Fsp3) is 0.333. The van der Waals surface area contributed by atoms with Crippen molar-refractivity contribution < 1.29 is 0 Å². The van der Waals surface area contributed by atoms with Crippen LogP contribution < -0.4 is 11.1 Å². The summed E-state index contributed by atoms with van der Waals surface area (Å²) in [5.41, 5.74) is 9.37. The lowest BCUT2D eigenvalue weighted by molar-refractivity contribution is 0.549. The van der Waals surface area contributed by atoms with Crippen LogP contribution in [0, 0.1) is 0 Å². The Morgan fingerprint density at radius 1 is 0.900 bits per heavy atom. The molecule has 0 bridgehead atoms. The maximum Gasteiger partial charge on any atom is 0.0291 e. The fourth-order valence-corrected chi connectivity index (χ4v) is 2.30. The Balaban J connectivity index is 1.94. The van der Waals surface area contributed by atoms with Crippen LogP contribution in [0.15, 0.2) is 54.6 Å². The van der Waals surface area contributed by atoms with Crippen molar-refractivity contribution in [1.29, 1.82) is 0 Å². The number of rotatable bonds is 7. The Morgan fingerprint density at radius 3 is 2.20 bits per heavy atom. The van der Waals surface area contributed by atoms with E-state index < -0.39 is 0 Å². The molecule has 0 aliphatic rings. The molecule has 2 aromatic carbocycles. The molecule has 0 aliphatic heterocycles. The summed E-state index contributed by atoms with van der Waals surface area (Å²) < 4.78 is 0. The van der Waals surface area contributed by atoms with Crippen LogP contribution in [0.2, 0.25) is 0 Å².